The van der Waals surface area contributed by atoms with Crippen molar-refractivity contribution >= 4 is 0 Å². The summed E-state index contributed by atoms with van der Waals surface area (Å²) in [7, 11) is 1.75. The molecule has 0 bridgehead atoms. The maximum Gasteiger partial charge on any atom is 0.0587 e. The van der Waals surface area contributed by atoms with Crippen molar-refractivity contribution in [2.45, 2.75) is 39.2 Å². The number of rotatable bonds is 10. The van der Waals surface area contributed by atoms with Crippen molar-refractivity contribution in [2.24, 2.45) is 5.92 Å². The van der Waals surface area contributed by atoms with Gasteiger partial charge in [-0.05, 0) is 31.7 Å². The lowest BCUT2D eigenvalue weighted by Crippen LogP contribution is -2.35. The van der Waals surface area contributed by atoms with Crippen LogP contribution >= 0.6 is 0 Å². The quantitative estimate of drug-likeness (QED) is 0.576. The number of hydrogen-bond donors (Lipinski definition) is 1. The Hall–Kier alpha value is -0.120. The lowest BCUT2D eigenvalue weighted by Gasteiger charge is -2.23. The fourth-order valence-electron chi connectivity index (χ4n) is 1.86. The molecular weight excluding hydrogens is 200 g/mol. The predicted molar refractivity (Wildman–Crippen MR) is 68.8 cm³/mol. The summed E-state index contributed by atoms with van der Waals surface area (Å²) in [6, 6.07) is 0.892. The van der Waals surface area contributed by atoms with Crippen LogP contribution in [0.5, 0.6) is 0 Å². The number of ether oxygens (including phenoxy) is 1. The summed E-state index contributed by atoms with van der Waals surface area (Å²) >= 11 is 0. The Morgan fingerprint density at radius 2 is 2.00 bits per heavy atom. The largest absolute Gasteiger partial charge is 0.383 e. The van der Waals surface area contributed by atoms with Gasteiger partial charge in [-0.2, -0.15) is 0 Å². The van der Waals surface area contributed by atoms with Crippen molar-refractivity contribution in [3.8, 4) is 0 Å². The van der Waals surface area contributed by atoms with Crippen LogP contribution in [0.1, 0.15) is 33.1 Å². The molecule has 0 aliphatic heterocycles. The molecule has 0 saturated heterocycles. The lowest BCUT2D eigenvalue weighted by molar-refractivity contribution is 0.195. The van der Waals surface area contributed by atoms with Crippen molar-refractivity contribution in [3.63, 3.8) is 0 Å². The highest BCUT2D eigenvalue weighted by atomic mass is 16.5. The van der Waals surface area contributed by atoms with E-state index in [1.54, 1.807) is 7.11 Å². The molecule has 1 aliphatic rings. The first kappa shape index (κ1) is 13.9. The zero-order valence-corrected chi connectivity index (χ0v) is 11.2. The first-order chi connectivity index (χ1) is 7.74. The van der Waals surface area contributed by atoms with Gasteiger partial charge in [0.05, 0.1) is 6.61 Å². The van der Waals surface area contributed by atoms with Crippen molar-refractivity contribution < 1.29 is 4.74 Å². The van der Waals surface area contributed by atoms with Gasteiger partial charge in [-0.15, -0.1) is 0 Å². The fraction of sp³-hybridized carbons (Fsp3) is 1.00. The van der Waals surface area contributed by atoms with E-state index in [-0.39, 0.29) is 0 Å². The molecule has 0 spiro atoms. The Morgan fingerprint density at radius 3 is 2.56 bits per heavy atom. The molecule has 3 nitrogen and oxygen atoms in total. The molecule has 0 radical (unpaired) electrons. The molecule has 0 aromatic rings. The summed E-state index contributed by atoms with van der Waals surface area (Å²) in [5.74, 6) is 0.822. The molecule has 0 aromatic carbocycles. The standard InChI is InChI=1S/C13H28N2O/c1-12(2)6-9-15(13-4-5-13)10-7-14-8-11-16-3/h12-14H,4-11H2,1-3H3. The number of methoxy groups -OCH3 is 1. The van der Waals surface area contributed by atoms with Crippen LogP contribution < -0.4 is 5.32 Å². The second-order valence-electron chi connectivity index (χ2n) is 5.19. The zero-order valence-electron chi connectivity index (χ0n) is 11.2. The third-order valence-electron chi connectivity index (χ3n) is 3.12. The summed E-state index contributed by atoms with van der Waals surface area (Å²) in [4.78, 5) is 2.65. The average Bonchev–Trinajstić information content (AvgIpc) is 3.05. The summed E-state index contributed by atoms with van der Waals surface area (Å²) < 4.78 is 5.01. The van der Waals surface area contributed by atoms with Crippen LogP contribution in [0.25, 0.3) is 0 Å². The SMILES string of the molecule is COCCNCCN(CCC(C)C)C1CC1. The highest BCUT2D eigenvalue weighted by molar-refractivity contribution is 4.84. The molecule has 1 fully saturated rings. The van der Waals surface area contributed by atoms with E-state index >= 15 is 0 Å². The van der Waals surface area contributed by atoms with E-state index in [1.807, 2.05) is 0 Å². The molecule has 0 atom stereocenters. The Balaban J connectivity index is 2.04. The van der Waals surface area contributed by atoms with E-state index in [1.165, 1.54) is 32.4 Å². The van der Waals surface area contributed by atoms with Gasteiger partial charge < -0.3 is 10.1 Å². The summed E-state index contributed by atoms with van der Waals surface area (Å²) in [6.45, 7) is 9.96. The number of nitrogens with one attached hydrogen (secondary N) is 1. The van der Waals surface area contributed by atoms with Crippen LogP contribution in [-0.2, 0) is 4.74 Å². The molecule has 0 heterocycles. The molecular formula is C13H28N2O. The van der Waals surface area contributed by atoms with Gasteiger partial charge in [-0.1, -0.05) is 13.8 Å². The van der Waals surface area contributed by atoms with Crippen LogP contribution in [0.2, 0.25) is 0 Å². The van der Waals surface area contributed by atoms with E-state index in [2.05, 4.69) is 24.1 Å². The minimum Gasteiger partial charge on any atom is -0.383 e. The van der Waals surface area contributed by atoms with Gasteiger partial charge in [-0.25, -0.2) is 0 Å². The van der Waals surface area contributed by atoms with Crippen molar-refractivity contribution in [2.75, 3.05) is 39.9 Å². The molecule has 1 N–H and O–H groups in total. The summed E-state index contributed by atoms with van der Waals surface area (Å²) in [6.07, 6.45) is 4.15. The van der Waals surface area contributed by atoms with E-state index in [4.69, 9.17) is 4.74 Å². The van der Waals surface area contributed by atoms with Crippen LogP contribution in [0, 0.1) is 5.92 Å². The molecule has 0 aromatic heterocycles. The molecule has 1 aliphatic carbocycles. The van der Waals surface area contributed by atoms with E-state index in [0.717, 1.165) is 31.7 Å². The minimum absolute atomic E-state index is 0.815. The summed E-state index contributed by atoms with van der Waals surface area (Å²) in [5, 5.41) is 3.42. The van der Waals surface area contributed by atoms with Crippen LogP contribution in [-0.4, -0.2) is 50.8 Å². The second kappa shape index (κ2) is 8.04. The first-order valence-corrected chi connectivity index (χ1v) is 6.67. The van der Waals surface area contributed by atoms with Crippen molar-refractivity contribution in [1.82, 2.24) is 10.2 Å². The highest BCUT2D eigenvalue weighted by Gasteiger charge is 2.27. The third kappa shape index (κ3) is 6.46. The molecule has 96 valence electrons. The number of nitrogens with zero attached hydrogens (tertiary/aromatic N) is 1. The van der Waals surface area contributed by atoms with Crippen molar-refractivity contribution in [1.29, 1.82) is 0 Å². The topological polar surface area (TPSA) is 24.5 Å². The average molecular weight is 228 g/mol. The van der Waals surface area contributed by atoms with E-state index in [9.17, 15) is 0 Å². The molecule has 1 rings (SSSR count). The Labute approximate surface area is 101 Å². The van der Waals surface area contributed by atoms with Gasteiger partial charge in [0.2, 0.25) is 0 Å². The summed E-state index contributed by atoms with van der Waals surface area (Å²) in [5.41, 5.74) is 0. The van der Waals surface area contributed by atoms with Gasteiger partial charge in [0.1, 0.15) is 0 Å². The van der Waals surface area contributed by atoms with Gasteiger partial charge in [0, 0.05) is 32.8 Å². The predicted octanol–water partition coefficient (Wildman–Crippen LogP) is 1.73. The van der Waals surface area contributed by atoms with Crippen LogP contribution in [0.15, 0.2) is 0 Å². The maximum atomic E-state index is 5.01. The third-order valence-corrected chi connectivity index (χ3v) is 3.12. The zero-order chi connectivity index (χ0) is 11.8. The van der Waals surface area contributed by atoms with Gasteiger partial charge in [0.15, 0.2) is 0 Å². The molecule has 0 amide bonds. The minimum atomic E-state index is 0.815. The fourth-order valence-corrected chi connectivity index (χ4v) is 1.86. The smallest absolute Gasteiger partial charge is 0.0587 e. The molecule has 3 heteroatoms. The Kier molecular flexibility index (Phi) is 7.01. The van der Waals surface area contributed by atoms with Gasteiger partial charge in [-0.3, -0.25) is 4.90 Å². The normalized spacial score (nSPS) is 16.3. The number of hydrogen-bond acceptors (Lipinski definition) is 3. The lowest BCUT2D eigenvalue weighted by atomic mass is 10.1. The van der Waals surface area contributed by atoms with Gasteiger partial charge in [0.25, 0.3) is 0 Å². The van der Waals surface area contributed by atoms with E-state index < -0.39 is 0 Å². The molecule has 0 unspecified atom stereocenters. The Bertz CT molecular complexity index is 169. The second-order valence-corrected chi connectivity index (χ2v) is 5.19. The monoisotopic (exact) mass is 228 g/mol. The Morgan fingerprint density at radius 1 is 1.25 bits per heavy atom. The van der Waals surface area contributed by atoms with E-state index in [0.29, 0.717) is 0 Å². The van der Waals surface area contributed by atoms with Gasteiger partial charge >= 0.3 is 0 Å². The molecule has 16 heavy (non-hydrogen) atoms. The van der Waals surface area contributed by atoms with Crippen LogP contribution in [0.4, 0.5) is 0 Å². The molecule has 1 saturated carbocycles. The highest BCUT2D eigenvalue weighted by Crippen LogP contribution is 2.26. The van der Waals surface area contributed by atoms with Crippen molar-refractivity contribution in [3.05, 3.63) is 0 Å². The maximum absolute atomic E-state index is 5.01. The van der Waals surface area contributed by atoms with Crippen LogP contribution in [0.3, 0.4) is 0 Å². The first-order valence-electron chi connectivity index (χ1n) is 6.67.